The van der Waals surface area contributed by atoms with Crippen LogP contribution in [0.5, 0.6) is 5.75 Å². The van der Waals surface area contributed by atoms with Gasteiger partial charge in [-0.1, -0.05) is 24.3 Å². The highest BCUT2D eigenvalue weighted by Crippen LogP contribution is 2.24. The Morgan fingerprint density at radius 2 is 1.81 bits per heavy atom. The number of ether oxygens (including phenoxy) is 2. The van der Waals surface area contributed by atoms with Gasteiger partial charge in [-0.05, 0) is 42.3 Å². The normalized spacial score (nSPS) is 15.7. The number of methoxy groups -OCH3 is 1. The van der Waals surface area contributed by atoms with Gasteiger partial charge in [0.15, 0.2) is 0 Å². The van der Waals surface area contributed by atoms with Gasteiger partial charge in [0.05, 0.1) is 32.3 Å². The zero-order valence-corrected chi connectivity index (χ0v) is 19.6. The molecule has 0 spiro atoms. The number of carbonyl (C=O) groups is 1. The van der Waals surface area contributed by atoms with Crippen molar-refractivity contribution in [1.29, 1.82) is 0 Å². The molecule has 0 saturated carbocycles. The summed E-state index contributed by atoms with van der Waals surface area (Å²) in [6, 6.07) is 13.7. The summed E-state index contributed by atoms with van der Waals surface area (Å²) in [5.41, 5.74) is 2.54. The Morgan fingerprint density at radius 1 is 1.16 bits per heavy atom. The lowest BCUT2D eigenvalue weighted by Crippen LogP contribution is -2.47. The lowest BCUT2D eigenvalue weighted by Gasteiger charge is -2.28. The van der Waals surface area contributed by atoms with Crippen molar-refractivity contribution < 1.29 is 22.7 Å². The number of sulfonamides is 1. The van der Waals surface area contributed by atoms with Crippen molar-refractivity contribution in [2.75, 3.05) is 44.0 Å². The number of benzene rings is 2. The number of hydrogen-bond donors (Lipinski definition) is 1. The van der Waals surface area contributed by atoms with Crippen LogP contribution in [-0.4, -0.2) is 64.9 Å². The van der Waals surface area contributed by atoms with Gasteiger partial charge in [-0.2, -0.15) is 0 Å². The third-order valence-corrected chi connectivity index (χ3v) is 6.63. The van der Waals surface area contributed by atoms with E-state index in [4.69, 9.17) is 9.47 Å². The molecule has 0 bridgehead atoms. The smallest absolute Gasteiger partial charge is 0.243 e. The summed E-state index contributed by atoms with van der Waals surface area (Å²) in [5, 5.41) is 2.87. The topological polar surface area (TPSA) is 88.2 Å². The molecule has 2 aromatic rings. The molecule has 9 heteroatoms. The number of morpholine rings is 1. The summed E-state index contributed by atoms with van der Waals surface area (Å²) in [5.74, 6) is 0.237. The van der Waals surface area contributed by atoms with Crippen LogP contribution in [0.15, 0.2) is 48.5 Å². The molecule has 32 heavy (non-hydrogen) atoms. The summed E-state index contributed by atoms with van der Waals surface area (Å²) >= 11 is 0. The summed E-state index contributed by atoms with van der Waals surface area (Å²) in [7, 11) is -2.13. The van der Waals surface area contributed by atoms with Crippen LogP contribution in [0.2, 0.25) is 0 Å². The third-order valence-electron chi connectivity index (χ3n) is 5.38. The molecule has 3 rings (SSSR count). The highest BCUT2D eigenvalue weighted by Gasteiger charge is 2.29. The molecule has 0 aromatic heterocycles. The van der Waals surface area contributed by atoms with Crippen LogP contribution in [0.25, 0.3) is 0 Å². The van der Waals surface area contributed by atoms with E-state index in [1.165, 1.54) is 12.7 Å². The van der Waals surface area contributed by atoms with Gasteiger partial charge < -0.3 is 14.8 Å². The maximum absolute atomic E-state index is 12.8. The molecular formula is C23H31N3O5S. The molecule has 1 heterocycles. The average Bonchev–Trinajstić information content (AvgIpc) is 2.78. The second kappa shape index (κ2) is 10.8. The van der Waals surface area contributed by atoms with Crippen molar-refractivity contribution in [2.24, 2.45) is 0 Å². The maximum Gasteiger partial charge on any atom is 0.243 e. The van der Waals surface area contributed by atoms with Crippen molar-refractivity contribution in [2.45, 2.75) is 26.1 Å². The van der Waals surface area contributed by atoms with Gasteiger partial charge >= 0.3 is 0 Å². The first-order chi connectivity index (χ1) is 15.3. The van der Waals surface area contributed by atoms with Crippen LogP contribution in [0, 0.1) is 0 Å². The summed E-state index contributed by atoms with van der Waals surface area (Å²) < 4.78 is 36.5. The van der Waals surface area contributed by atoms with Crippen LogP contribution < -0.4 is 14.4 Å². The molecule has 2 aromatic carbocycles. The van der Waals surface area contributed by atoms with E-state index in [0.717, 1.165) is 49.0 Å². The van der Waals surface area contributed by atoms with Crippen LogP contribution in [-0.2, 0) is 32.6 Å². The Labute approximate surface area is 190 Å². The quantitative estimate of drug-likeness (QED) is 0.615. The summed E-state index contributed by atoms with van der Waals surface area (Å²) in [6.07, 6.45) is 1.09. The van der Waals surface area contributed by atoms with Gasteiger partial charge in [0, 0.05) is 26.2 Å². The molecule has 1 fully saturated rings. The first-order valence-corrected chi connectivity index (χ1v) is 12.4. The van der Waals surface area contributed by atoms with Crippen LogP contribution in [0.3, 0.4) is 0 Å². The van der Waals surface area contributed by atoms with E-state index >= 15 is 0 Å². The molecule has 8 nitrogen and oxygen atoms in total. The SMILES string of the molecule is COc1ccc(N([C@H](C)C(=O)NCc2cccc(CN3CCOCC3)c2)S(C)(=O)=O)cc1. The molecule has 1 aliphatic rings. The third kappa shape index (κ3) is 6.44. The highest BCUT2D eigenvalue weighted by molar-refractivity contribution is 7.92. The molecular weight excluding hydrogens is 430 g/mol. The van der Waals surface area contributed by atoms with E-state index in [1.807, 2.05) is 12.1 Å². The van der Waals surface area contributed by atoms with Crippen molar-refractivity contribution in [3.63, 3.8) is 0 Å². The largest absolute Gasteiger partial charge is 0.497 e. The lowest BCUT2D eigenvalue weighted by molar-refractivity contribution is -0.122. The van der Waals surface area contributed by atoms with E-state index in [2.05, 4.69) is 22.3 Å². The van der Waals surface area contributed by atoms with Crippen molar-refractivity contribution in [3.05, 3.63) is 59.7 Å². The van der Waals surface area contributed by atoms with Gasteiger partial charge in [-0.3, -0.25) is 14.0 Å². The number of hydrogen-bond acceptors (Lipinski definition) is 6. The van der Waals surface area contributed by atoms with Crippen molar-refractivity contribution >= 4 is 21.6 Å². The van der Waals surface area contributed by atoms with Crippen molar-refractivity contribution in [1.82, 2.24) is 10.2 Å². The van der Waals surface area contributed by atoms with E-state index in [1.54, 1.807) is 31.2 Å². The minimum absolute atomic E-state index is 0.320. The molecule has 1 aliphatic heterocycles. The predicted molar refractivity (Wildman–Crippen MR) is 124 cm³/mol. The molecule has 174 valence electrons. The number of carbonyl (C=O) groups excluding carboxylic acids is 1. The highest BCUT2D eigenvalue weighted by atomic mass is 32.2. The second-order valence-corrected chi connectivity index (χ2v) is 9.72. The Kier molecular flexibility index (Phi) is 8.11. The Hall–Kier alpha value is -2.62. The number of nitrogens with zero attached hydrogens (tertiary/aromatic N) is 2. The summed E-state index contributed by atoms with van der Waals surface area (Å²) in [4.78, 5) is 15.2. The monoisotopic (exact) mass is 461 g/mol. The second-order valence-electron chi connectivity index (χ2n) is 7.86. The van der Waals surface area contributed by atoms with Gasteiger partial charge in [0.2, 0.25) is 15.9 Å². The first-order valence-electron chi connectivity index (χ1n) is 10.6. The molecule has 1 atom stereocenters. The van der Waals surface area contributed by atoms with Gasteiger partial charge in [-0.15, -0.1) is 0 Å². The fourth-order valence-corrected chi connectivity index (χ4v) is 4.91. The number of amides is 1. The minimum Gasteiger partial charge on any atom is -0.497 e. The van der Waals surface area contributed by atoms with Crippen molar-refractivity contribution in [3.8, 4) is 5.75 Å². The maximum atomic E-state index is 12.8. The minimum atomic E-state index is -3.67. The zero-order valence-electron chi connectivity index (χ0n) is 18.8. The van der Waals surface area contributed by atoms with Crippen LogP contribution in [0.4, 0.5) is 5.69 Å². The average molecular weight is 462 g/mol. The Bertz CT molecular complexity index is 1000. The fraction of sp³-hybridized carbons (Fsp3) is 0.435. The van der Waals surface area contributed by atoms with E-state index in [9.17, 15) is 13.2 Å². The molecule has 0 radical (unpaired) electrons. The molecule has 1 saturated heterocycles. The van der Waals surface area contributed by atoms with Crippen LogP contribution >= 0.6 is 0 Å². The lowest BCUT2D eigenvalue weighted by atomic mass is 10.1. The first kappa shape index (κ1) is 24.0. The van der Waals surface area contributed by atoms with Gasteiger partial charge in [0.25, 0.3) is 0 Å². The standard InChI is InChI=1S/C23H31N3O5S/c1-18(26(32(3,28)29)21-7-9-22(30-2)10-8-21)23(27)24-16-19-5-4-6-20(15-19)17-25-11-13-31-14-12-25/h4-10,15,18H,11-14,16-17H2,1-3H3,(H,24,27)/t18-/m1/s1. The zero-order chi connectivity index (χ0) is 23.1. The molecule has 1 N–H and O–H groups in total. The Balaban J connectivity index is 1.65. The number of rotatable bonds is 9. The molecule has 1 amide bonds. The Morgan fingerprint density at radius 3 is 2.44 bits per heavy atom. The summed E-state index contributed by atoms with van der Waals surface area (Å²) in [6.45, 7) is 6.05. The van der Waals surface area contributed by atoms with E-state index < -0.39 is 16.1 Å². The van der Waals surface area contributed by atoms with E-state index in [0.29, 0.717) is 18.0 Å². The van der Waals surface area contributed by atoms with Gasteiger partial charge in [0.1, 0.15) is 11.8 Å². The van der Waals surface area contributed by atoms with Gasteiger partial charge in [-0.25, -0.2) is 8.42 Å². The molecule has 0 aliphatic carbocycles. The number of nitrogens with one attached hydrogen (secondary N) is 1. The van der Waals surface area contributed by atoms with Crippen LogP contribution in [0.1, 0.15) is 18.1 Å². The molecule has 0 unspecified atom stereocenters. The van der Waals surface area contributed by atoms with E-state index in [-0.39, 0.29) is 5.91 Å². The number of anilines is 1. The fourth-order valence-electron chi connectivity index (χ4n) is 3.73. The predicted octanol–water partition coefficient (Wildman–Crippen LogP) is 2.00.